The molecular weight excluding hydrogens is 494 g/mol. The number of rotatable bonds is 9. The van der Waals surface area contributed by atoms with E-state index in [0.717, 1.165) is 18.2 Å². The first-order valence-electron chi connectivity index (χ1n) is 9.96. The number of carbonyl (C=O) groups excluding carboxylic acids is 1. The molecule has 3 rings (SSSR count). The normalized spacial score (nSPS) is 14.0. The Balaban J connectivity index is 1.85. The molecule has 3 aromatic carbocycles. The highest BCUT2D eigenvalue weighted by molar-refractivity contribution is 7.52. The fourth-order valence-corrected chi connectivity index (χ4v) is 4.61. The molecule has 1 unspecified atom stereocenters. The highest BCUT2D eigenvalue weighted by atomic mass is 35.5. The third-order valence-corrected chi connectivity index (χ3v) is 6.26. The molecule has 0 fully saturated rings. The molecular formula is C23H20ClF3NO5P. The van der Waals surface area contributed by atoms with Crippen LogP contribution in [0.3, 0.4) is 0 Å². The second-order valence-corrected chi connectivity index (χ2v) is 9.08. The summed E-state index contributed by atoms with van der Waals surface area (Å²) in [7, 11) is -4.63. The van der Waals surface area contributed by atoms with Crippen molar-refractivity contribution in [2.45, 2.75) is 25.7 Å². The number of nitrogens with one attached hydrogen (secondary N) is 1. The molecule has 0 radical (unpaired) electrons. The number of halogens is 4. The van der Waals surface area contributed by atoms with Gasteiger partial charge in [-0.3, -0.25) is 4.79 Å². The number of benzene rings is 3. The lowest BCUT2D eigenvalue weighted by atomic mass is 10.2. The van der Waals surface area contributed by atoms with Gasteiger partial charge in [-0.15, -0.1) is 0 Å². The number of para-hydroxylation sites is 2. The number of ether oxygens (including phenoxy) is 1. The van der Waals surface area contributed by atoms with Crippen molar-refractivity contribution in [1.82, 2.24) is 5.09 Å². The van der Waals surface area contributed by atoms with E-state index in [9.17, 15) is 22.5 Å². The highest BCUT2D eigenvalue weighted by Gasteiger charge is 2.40. The van der Waals surface area contributed by atoms with E-state index in [2.05, 4.69) is 5.09 Å². The summed E-state index contributed by atoms with van der Waals surface area (Å²) in [5, 5.41) is 1.91. The SMILES string of the molecule is C[C@H](NP(=O)(Oc1ccccc1)Oc1c(Cl)cccc1C(F)(F)F)C(=O)OCc1ccccc1. The number of hydrogen-bond acceptors (Lipinski definition) is 5. The minimum Gasteiger partial charge on any atom is -0.460 e. The van der Waals surface area contributed by atoms with Crippen molar-refractivity contribution in [2.75, 3.05) is 0 Å². The quantitative estimate of drug-likeness (QED) is 0.255. The van der Waals surface area contributed by atoms with Crippen molar-refractivity contribution in [3.63, 3.8) is 0 Å². The Kier molecular flexibility index (Phi) is 8.25. The summed E-state index contributed by atoms with van der Waals surface area (Å²) in [6.45, 7) is 1.26. The summed E-state index contributed by atoms with van der Waals surface area (Å²) in [6.07, 6.45) is -4.85. The second-order valence-electron chi connectivity index (χ2n) is 7.05. The summed E-state index contributed by atoms with van der Waals surface area (Å²) in [6, 6.07) is 18.1. The number of alkyl halides is 3. The van der Waals surface area contributed by atoms with Crippen LogP contribution in [0.25, 0.3) is 0 Å². The predicted octanol–water partition coefficient (Wildman–Crippen LogP) is 6.65. The molecule has 0 amide bonds. The number of carbonyl (C=O) groups is 1. The van der Waals surface area contributed by atoms with Crippen LogP contribution in [0.5, 0.6) is 11.5 Å². The molecule has 0 aliphatic carbocycles. The lowest BCUT2D eigenvalue weighted by molar-refractivity contribution is -0.146. The molecule has 0 aromatic heterocycles. The molecule has 0 bridgehead atoms. The van der Waals surface area contributed by atoms with Gasteiger partial charge in [-0.05, 0) is 36.8 Å². The monoisotopic (exact) mass is 513 g/mol. The van der Waals surface area contributed by atoms with Crippen LogP contribution in [0.4, 0.5) is 13.2 Å². The third kappa shape index (κ3) is 7.00. The van der Waals surface area contributed by atoms with Crippen molar-refractivity contribution >= 4 is 25.3 Å². The lowest BCUT2D eigenvalue weighted by Crippen LogP contribution is -2.36. The Labute approximate surface area is 199 Å². The zero-order valence-electron chi connectivity index (χ0n) is 17.8. The van der Waals surface area contributed by atoms with Crippen molar-refractivity contribution in [1.29, 1.82) is 0 Å². The van der Waals surface area contributed by atoms with E-state index in [1.165, 1.54) is 19.1 Å². The summed E-state index contributed by atoms with van der Waals surface area (Å²) in [4.78, 5) is 12.5. The first kappa shape index (κ1) is 25.6. The van der Waals surface area contributed by atoms with Gasteiger partial charge in [-0.1, -0.05) is 66.2 Å². The molecule has 0 saturated heterocycles. The highest BCUT2D eigenvalue weighted by Crippen LogP contribution is 2.50. The third-order valence-electron chi connectivity index (χ3n) is 4.38. The van der Waals surface area contributed by atoms with Crippen LogP contribution >= 0.6 is 19.3 Å². The number of hydrogen-bond donors (Lipinski definition) is 1. The van der Waals surface area contributed by atoms with Crippen molar-refractivity contribution in [2.24, 2.45) is 0 Å². The maximum atomic E-state index is 13.6. The van der Waals surface area contributed by atoms with E-state index >= 15 is 0 Å². The Morgan fingerprint density at radius 2 is 1.59 bits per heavy atom. The lowest BCUT2D eigenvalue weighted by Gasteiger charge is -2.25. The van der Waals surface area contributed by atoms with Gasteiger partial charge < -0.3 is 13.8 Å². The Morgan fingerprint density at radius 3 is 2.21 bits per heavy atom. The van der Waals surface area contributed by atoms with Gasteiger partial charge in [0.2, 0.25) is 0 Å². The zero-order valence-corrected chi connectivity index (χ0v) is 19.4. The molecule has 0 aliphatic rings. The summed E-state index contributed by atoms with van der Waals surface area (Å²) in [5.74, 6) is -1.68. The van der Waals surface area contributed by atoms with E-state index in [4.69, 9.17) is 25.4 Å². The molecule has 180 valence electrons. The Hall–Kier alpha value is -3.00. The van der Waals surface area contributed by atoms with E-state index in [-0.39, 0.29) is 12.4 Å². The van der Waals surface area contributed by atoms with Gasteiger partial charge in [-0.2, -0.15) is 18.3 Å². The molecule has 3 aromatic rings. The van der Waals surface area contributed by atoms with Crippen LogP contribution in [0, 0.1) is 0 Å². The number of esters is 1. The smallest absolute Gasteiger partial charge is 0.460 e. The molecule has 34 heavy (non-hydrogen) atoms. The molecule has 0 spiro atoms. The van der Waals surface area contributed by atoms with Gasteiger partial charge in [0.25, 0.3) is 0 Å². The predicted molar refractivity (Wildman–Crippen MR) is 121 cm³/mol. The van der Waals surface area contributed by atoms with E-state index in [1.807, 2.05) is 0 Å². The molecule has 1 N–H and O–H groups in total. The van der Waals surface area contributed by atoms with Gasteiger partial charge >= 0.3 is 19.9 Å². The van der Waals surface area contributed by atoms with Crippen LogP contribution < -0.4 is 14.1 Å². The van der Waals surface area contributed by atoms with E-state index < -0.39 is 42.3 Å². The zero-order chi connectivity index (χ0) is 24.8. The van der Waals surface area contributed by atoms with Gasteiger partial charge in [0.05, 0.1) is 10.6 Å². The van der Waals surface area contributed by atoms with E-state index in [0.29, 0.717) is 5.56 Å². The molecule has 0 saturated carbocycles. The molecule has 0 heterocycles. The topological polar surface area (TPSA) is 73.9 Å². The van der Waals surface area contributed by atoms with Crippen LogP contribution in [0.1, 0.15) is 18.1 Å². The van der Waals surface area contributed by atoms with Crippen molar-refractivity contribution in [3.8, 4) is 11.5 Å². The standard InChI is InChI=1S/C23H20ClF3NO5P/c1-16(22(29)31-15-17-9-4-2-5-10-17)28-34(30,32-18-11-6-3-7-12-18)33-21-19(23(25,26)27)13-8-14-20(21)24/h2-14,16H,15H2,1H3,(H,28,30)/t16-,34?/m0/s1. The molecule has 6 nitrogen and oxygen atoms in total. The van der Waals surface area contributed by atoms with Crippen molar-refractivity contribution < 1.29 is 36.3 Å². The fourth-order valence-electron chi connectivity index (χ4n) is 2.78. The van der Waals surface area contributed by atoms with Gasteiger partial charge in [0, 0.05) is 0 Å². The van der Waals surface area contributed by atoms with Gasteiger partial charge in [0.1, 0.15) is 18.4 Å². The Morgan fingerprint density at radius 1 is 0.971 bits per heavy atom. The molecule has 2 atom stereocenters. The summed E-state index contributed by atoms with van der Waals surface area (Å²) < 4.78 is 70.0. The first-order valence-corrected chi connectivity index (χ1v) is 11.9. The van der Waals surface area contributed by atoms with Gasteiger partial charge in [-0.25, -0.2) is 4.57 Å². The second kappa shape index (κ2) is 11.0. The average Bonchev–Trinajstić information content (AvgIpc) is 2.79. The van der Waals surface area contributed by atoms with E-state index in [1.54, 1.807) is 48.5 Å². The van der Waals surface area contributed by atoms with Crippen LogP contribution in [0.2, 0.25) is 5.02 Å². The minimum absolute atomic E-state index is 0.0313. The van der Waals surface area contributed by atoms with Crippen LogP contribution in [-0.2, 0) is 26.9 Å². The maximum absolute atomic E-state index is 13.6. The average molecular weight is 514 g/mol. The molecule has 11 heteroatoms. The summed E-state index contributed by atoms with van der Waals surface area (Å²) in [5.41, 5.74) is -0.535. The van der Waals surface area contributed by atoms with Crippen molar-refractivity contribution in [3.05, 3.63) is 95.0 Å². The fraction of sp³-hybridized carbons (Fsp3) is 0.174. The minimum atomic E-state index is -4.85. The van der Waals surface area contributed by atoms with Crippen LogP contribution in [-0.4, -0.2) is 12.0 Å². The first-order chi connectivity index (χ1) is 16.1. The molecule has 0 aliphatic heterocycles. The largest absolute Gasteiger partial charge is 0.513 e. The van der Waals surface area contributed by atoms with Crippen LogP contribution in [0.15, 0.2) is 78.9 Å². The summed E-state index contributed by atoms with van der Waals surface area (Å²) >= 11 is 5.94. The van der Waals surface area contributed by atoms with Gasteiger partial charge in [0.15, 0.2) is 5.75 Å². The Bertz CT molecular complexity index is 1160. The maximum Gasteiger partial charge on any atom is 0.513 e.